The van der Waals surface area contributed by atoms with E-state index in [-0.39, 0.29) is 12.1 Å². The second-order valence-electron chi connectivity index (χ2n) is 4.36. The van der Waals surface area contributed by atoms with Crippen LogP contribution in [0.1, 0.15) is 35.9 Å². The Bertz CT molecular complexity index is 637. The average molecular weight is 279 g/mol. The first-order valence-corrected chi connectivity index (χ1v) is 6.46. The molecule has 0 spiro atoms. The summed E-state index contributed by atoms with van der Waals surface area (Å²) in [6.45, 7) is 3.72. The maximum absolute atomic E-state index is 13.6. The number of hydrogen-bond acceptors (Lipinski definition) is 3. The fraction of sp³-hybridized carbons (Fsp3) is 0.357. The number of ketones is 1. The molecule has 6 heteroatoms. The minimum Gasteiger partial charge on any atom is -0.292 e. The Kier molecular flexibility index (Phi) is 4.22. The molecule has 0 fully saturated rings. The summed E-state index contributed by atoms with van der Waals surface area (Å²) in [5.74, 6) is -0.692. The highest BCUT2D eigenvalue weighted by Gasteiger charge is 2.16. The fourth-order valence-electron chi connectivity index (χ4n) is 1.90. The lowest BCUT2D eigenvalue weighted by molar-refractivity contribution is 0.0962. The van der Waals surface area contributed by atoms with Crippen LogP contribution in [0.15, 0.2) is 18.2 Å². The van der Waals surface area contributed by atoms with Gasteiger partial charge in [0.25, 0.3) is 0 Å². The van der Waals surface area contributed by atoms with Crippen LogP contribution in [0.5, 0.6) is 0 Å². The summed E-state index contributed by atoms with van der Waals surface area (Å²) in [7, 11) is 0. The van der Waals surface area contributed by atoms with E-state index in [0.717, 1.165) is 12.1 Å². The standard InChI is InChI=1S/C14H15F2N3O/c1-3-13-17-14(4-2)19(18-13)8-12(20)10-6-5-9(15)7-11(10)16/h5-7H,3-4,8H2,1-2H3. The normalized spacial score (nSPS) is 10.8. The van der Waals surface area contributed by atoms with Crippen LogP contribution in [0.2, 0.25) is 0 Å². The maximum Gasteiger partial charge on any atom is 0.187 e. The molecule has 2 rings (SSSR count). The van der Waals surface area contributed by atoms with Gasteiger partial charge in [0.1, 0.15) is 24.0 Å². The molecule has 1 heterocycles. The van der Waals surface area contributed by atoms with Crippen molar-refractivity contribution < 1.29 is 13.6 Å². The van der Waals surface area contributed by atoms with Crippen molar-refractivity contribution in [1.29, 1.82) is 0 Å². The van der Waals surface area contributed by atoms with E-state index in [9.17, 15) is 13.6 Å². The molecule has 4 nitrogen and oxygen atoms in total. The first-order valence-electron chi connectivity index (χ1n) is 6.46. The van der Waals surface area contributed by atoms with Gasteiger partial charge in [0.15, 0.2) is 11.6 Å². The summed E-state index contributed by atoms with van der Waals surface area (Å²) >= 11 is 0. The predicted molar refractivity (Wildman–Crippen MR) is 69.5 cm³/mol. The number of Topliss-reactive ketones (excluding diaryl/α,β-unsaturated/α-hetero) is 1. The molecule has 1 aromatic heterocycles. The monoisotopic (exact) mass is 279 g/mol. The molecule has 20 heavy (non-hydrogen) atoms. The van der Waals surface area contributed by atoms with E-state index in [4.69, 9.17) is 0 Å². The van der Waals surface area contributed by atoms with Crippen LogP contribution >= 0.6 is 0 Å². The average Bonchev–Trinajstić information content (AvgIpc) is 2.80. The van der Waals surface area contributed by atoms with E-state index in [1.807, 2.05) is 13.8 Å². The van der Waals surface area contributed by atoms with Crippen LogP contribution in [-0.4, -0.2) is 20.5 Å². The third-order valence-electron chi connectivity index (χ3n) is 2.95. The largest absolute Gasteiger partial charge is 0.292 e. The van der Waals surface area contributed by atoms with Gasteiger partial charge in [-0.1, -0.05) is 13.8 Å². The zero-order chi connectivity index (χ0) is 14.7. The molecule has 0 aliphatic heterocycles. The van der Waals surface area contributed by atoms with Crippen molar-refractivity contribution in [3.05, 3.63) is 47.0 Å². The van der Waals surface area contributed by atoms with Crippen molar-refractivity contribution in [1.82, 2.24) is 14.8 Å². The molecule has 0 radical (unpaired) electrons. The second-order valence-corrected chi connectivity index (χ2v) is 4.36. The van der Waals surface area contributed by atoms with E-state index in [0.29, 0.717) is 30.6 Å². The van der Waals surface area contributed by atoms with Crippen LogP contribution in [0.4, 0.5) is 8.78 Å². The number of hydrogen-bond donors (Lipinski definition) is 0. The number of carbonyl (C=O) groups is 1. The van der Waals surface area contributed by atoms with Gasteiger partial charge in [-0.3, -0.25) is 4.79 Å². The Hall–Kier alpha value is -2.11. The van der Waals surface area contributed by atoms with E-state index in [1.165, 1.54) is 4.68 Å². The van der Waals surface area contributed by atoms with Gasteiger partial charge in [-0.2, -0.15) is 5.10 Å². The molecule has 0 aliphatic rings. The van der Waals surface area contributed by atoms with Crippen LogP contribution in [0.25, 0.3) is 0 Å². The Morgan fingerprint density at radius 3 is 2.60 bits per heavy atom. The number of rotatable bonds is 5. The van der Waals surface area contributed by atoms with Gasteiger partial charge in [0.2, 0.25) is 0 Å². The number of benzene rings is 1. The van der Waals surface area contributed by atoms with Gasteiger partial charge < -0.3 is 0 Å². The zero-order valence-electron chi connectivity index (χ0n) is 11.4. The van der Waals surface area contributed by atoms with Crippen molar-refractivity contribution in [3.8, 4) is 0 Å². The van der Waals surface area contributed by atoms with Gasteiger partial charge >= 0.3 is 0 Å². The van der Waals surface area contributed by atoms with Gasteiger partial charge in [0.05, 0.1) is 5.56 Å². The molecule has 0 aliphatic carbocycles. The molecule has 0 bridgehead atoms. The van der Waals surface area contributed by atoms with Crippen molar-refractivity contribution in [2.75, 3.05) is 0 Å². The quantitative estimate of drug-likeness (QED) is 0.790. The maximum atomic E-state index is 13.6. The molecule has 0 saturated carbocycles. The second kappa shape index (κ2) is 5.90. The Morgan fingerprint density at radius 2 is 2.00 bits per heavy atom. The first kappa shape index (κ1) is 14.3. The summed E-state index contributed by atoms with van der Waals surface area (Å²) in [5.41, 5.74) is -0.137. The van der Waals surface area contributed by atoms with E-state index < -0.39 is 17.4 Å². The Morgan fingerprint density at radius 1 is 1.25 bits per heavy atom. The smallest absolute Gasteiger partial charge is 0.187 e. The molecule has 1 aromatic carbocycles. The zero-order valence-corrected chi connectivity index (χ0v) is 11.4. The lowest BCUT2D eigenvalue weighted by atomic mass is 10.1. The minimum absolute atomic E-state index is 0.0985. The number of aryl methyl sites for hydroxylation is 2. The van der Waals surface area contributed by atoms with Gasteiger partial charge in [-0.15, -0.1) is 0 Å². The predicted octanol–water partition coefficient (Wildman–Crippen LogP) is 2.56. The SMILES string of the molecule is CCc1nc(CC)n(CC(=O)c2ccc(F)cc2F)n1. The first-order chi connectivity index (χ1) is 9.55. The van der Waals surface area contributed by atoms with Crippen molar-refractivity contribution in [2.45, 2.75) is 33.2 Å². The molecule has 0 N–H and O–H groups in total. The van der Waals surface area contributed by atoms with Crippen LogP contribution < -0.4 is 0 Å². The topological polar surface area (TPSA) is 47.8 Å². The van der Waals surface area contributed by atoms with Gasteiger partial charge in [0, 0.05) is 18.9 Å². The number of aromatic nitrogens is 3. The Labute approximate surface area is 115 Å². The van der Waals surface area contributed by atoms with Crippen molar-refractivity contribution in [2.24, 2.45) is 0 Å². The van der Waals surface area contributed by atoms with Gasteiger partial charge in [-0.05, 0) is 12.1 Å². The summed E-state index contributed by atoms with van der Waals surface area (Å²) in [6.07, 6.45) is 1.30. The van der Waals surface area contributed by atoms with E-state index >= 15 is 0 Å². The molecule has 106 valence electrons. The minimum atomic E-state index is -0.858. The lowest BCUT2D eigenvalue weighted by Crippen LogP contribution is -2.15. The Balaban J connectivity index is 2.25. The van der Waals surface area contributed by atoms with E-state index in [1.54, 1.807) is 0 Å². The number of nitrogens with zero attached hydrogens (tertiary/aromatic N) is 3. The third kappa shape index (κ3) is 2.89. The number of carbonyl (C=O) groups excluding carboxylic acids is 1. The summed E-state index contributed by atoms with van der Waals surface area (Å²) in [4.78, 5) is 16.3. The molecule has 0 amide bonds. The fourth-order valence-corrected chi connectivity index (χ4v) is 1.90. The molecule has 0 unspecified atom stereocenters. The molecule has 0 atom stereocenters. The number of halogens is 2. The summed E-state index contributed by atoms with van der Waals surface area (Å²) < 4.78 is 27.9. The third-order valence-corrected chi connectivity index (χ3v) is 2.95. The highest BCUT2D eigenvalue weighted by Crippen LogP contribution is 2.12. The van der Waals surface area contributed by atoms with E-state index in [2.05, 4.69) is 10.1 Å². The van der Waals surface area contributed by atoms with Crippen LogP contribution in [0.3, 0.4) is 0 Å². The molecular weight excluding hydrogens is 264 g/mol. The van der Waals surface area contributed by atoms with Crippen LogP contribution in [0, 0.1) is 11.6 Å². The molecule has 0 saturated heterocycles. The van der Waals surface area contributed by atoms with Crippen LogP contribution in [-0.2, 0) is 19.4 Å². The van der Waals surface area contributed by atoms with Crippen molar-refractivity contribution in [3.63, 3.8) is 0 Å². The highest BCUT2D eigenvalue weighted by molar-refractivity contribution is 5.96. The highest BCUT2D eigenvalue weighted by atomic mass is 19.1. The lowest BCUT2D eigenvalue weighted by Gasteiger charge is -2.05. The molecular formula is C14H15F2N3O. The summed E-state index contributed by atoms with van der Waals surface area (Å²) in [6, 6.07) is 2.92. The van der Waals surface area contributed by atoms with Gasteiger partial charge in [-0.25, -0.2) is 18.4 Å². The molecule has 2 aromatic rings. The van der Waals surface area contributed by atoms with Crippen molar-refractivity contribution >= 4 is 5.78 Å². The summed E-state index contributed by atoms with van der Waals surface area (Å²) in [5, 5.41) is 4.20.